The van der Waals surface area contributed by atoms with Crippen LogP contribution in [0, 0.1) is 0 Å². The summed E-state index contributed by atoms with van der Waals surface area (Å²) in [6.45, 7) is 0. The zero-order chi connectivity index (χ0) is 26.9. The lowest BCUT2D eigenvalue weighted by atomic mass is 9.99. The van der Waals surface area contributed by atoms with Crippen LogP contribution in [0.5, 0.6) is 0 Å². The second-order valence-electron chi connectivity index (χ2n) is 10.4. The molecule has 190 valence electrons. The van der Waals surface area contributed by atoms with Crippen molar-refractivity contribution in [2.45, 2.75) is 0 Å². The van der Waals surface area contributed by atoms with E-state index in [1.54, 1.807) is 12.4 Å². The van der Waals surface area contributed by atoms with Gasteiger partial charge in [0.2, 0.25) is 0 Å². The molecular weight excluding hydrogens is 502 g/mol. The summed E-state index contributed by atoms with van der Waals surface area (Å²) >= 11 is 0. The first-order valence-corrected chi connectivity index (χ1v) is 13.7. The number of rotatable bonds is 2. The highest BCUT2D eigenvalue weighted by Gasteiger charge is 2.20. The summed E-state index contributed by atoms with van der Waals surface area (Å²) in [5.74, 6) is 0.671. The first kappa shape index (κ1) is 22.2. The molecule has 0 N–H and O–H groups in total. The van der Waals surface area contributed by atoms with E-state index in [0.717, 1.165) is 38.6 Å². The molecule has 41 heavy (non-hydrogen) atoms. The Kier molecular flexibility index (Phi) is 4.55. The van der Waals surface area contributed by atoms with Crippen LogP contribution in [0.4, 0.5) is 0 Å². The average Bonchev–Trinajstić information content (AvgIpc) is 3.35. The third-order valence-electron chi connectivity index (χ3n) is 8.15. The maximum atomic E-state index is 4.85. The smallest absolute Gasteiger partial charge is 0.188 e. The molecule has 5 nitrogen and oxygen atoms in total. The Morgan fingerprint density at radius 2 is 1.12 bits per heavy atom. The highest BCUT2D eigenvalue weighted by molar-refractivity contribution is 6.14. The van der Waals surface area contributed by atoms with Gasteiger partial charge in [-0.1, -0.05) is 91.0 Å². The summed E-state index contributed by atoms with van der Waals surface area (Å²) in [6.07, 6.45) is 3.46. The fraction of sp³-hybridized carbons (Fsp3) is 0. The van der Waals surface area contributed by atoms with Gasteiger partial charge in [-0.25, -0.2) is 4.98 Å². The van der Waals surface area contributed by atoms with E-state index < -0.39 is 0 Å². The van der Waals surface area contributed by atoms with Crippen LogP contribution in [0.3, 0.4) is 0 Å². The molecule has 6 aromatic carbocycles. The van der Waals surface area contributed by atoms with Gasteiger partial charge in [0.1, 0.15) is 16.7 Å². The van der Waals surface area contributed by atoms with Crippen molar-refractivity contribution in [2.24, 2.45) is 0 Å². The minimum absolute atomic E-state index is 0.671. The highest BCUT2D eigenvalue weighted by Crippen LogP contribution is 2.37. The molecule has 3 aromatic heterocycles. The van der Waals surface area contributed by atoms with Crippen LogP contribution in [-0.2, 0) is 0 Å². The SMILES string of the molecule is c1ccc2cc3c(cc2c1)c1ccccc1n3-c1nnc(-c2ccc3c(ccc4ccccc43)c2)c2nccnc12. The van der Waals surface area contributed by atoms with Gasteiger partial charge in [-0.2, -0.15) is 0 Å². The van der Waals surface area contributed by atoms with Gasteiger partial charge in [-0.15, -0.1) is 10.2 Å². The molecule has 0 aliphatic carbocycles. The lowest BCUT2D eigenvalue weighted by Gasteiger charge is -2.12. The number of nitrogens with zero attached hydrogens (tertiary/aromatic N) is 5. The second kappa shape index (κ2) is 8.41. The van der Waals surface area contributed by atoms with Crippen molar-refractivity contribution in [2.75, 3.05) is 0 Å². The first-order chi connectivity index (χ1) is 20.3. The molecule has 0 aliphatic heterocycles. The van der Waals surface area contributed by atoms with Crippen molar-refractivity contribution in [3.05, 3.63) is 128 Å². The van der Waals surface area contributed by atoms with Crippen LogP contribution in [0.1, 0.15) is 0 Å². The van der Waals surface area contributed by atoms with Crippen molar-refractivity contribution < 1.29 is 0 Å². The van der Waals surface area contributed by atoms with Gasteiger partial charge in [0.25, 0.3) is 0 Å². The molecule has 3 heterocycles. The zero-order valence-corrected chi connectivity index (χ0v) is 21.9. The van der Waals surface area contributed by atoms with Gasteiger partial charge >= 0.3 is 0 Å². The van der Waals surface area contributed by atoms with Gasteiger partial charge in [0.15, 0.2) is 5.82 Å². The predicted octanol–water partition coefficient (Wildman–Crippen LogP) is 8.64. The first-order valence-electron chi connectivity index (χ1n) is 13.7. The van der Waals surface area contributed by atoms with Crippen LogP contribution < -0.4 is 0 Å². The van der Waals surface area contributed by atoms with Gasteiger partial charge in [-0.05, 0) is 56.6 Å². The van der Waals surface area contributed by atoms with E-state index in [1.807, 2.05) is 0 Å². The normalized spacial score (nSPS) is 11.9. The Balaban J connectivity index is 1.31. The Hall–Kier alpha value is -5.68. The Morgan fingerprint density at radius 1 is 0.439 bits per heavy atom. The van der Waals surface area contributed by atoms with Crippen LogP contribution in [0.15, 0.2) is 128 Å². The topological polar surface area (TPSA) is 56.5 Å². The van der Waals surface area contributed by atoms with Crippen LogP contribution in [-0.4, -0.2) is 24.7 Å². The van der Waals surface area contributed by atoms with E-state index in [0.29, 0.717) is 11.3 Å². The summed E-state index contributed by atoms with van der Waals surface area (Å²) in [6, 6.07) is 40.6. The molecule has 0 spiro atoms. The third-order valence-corrected chi connectivity index (χ3v) is 8.15. The number of aromatic nitrogens is 5. The van der Waals surface area contributed by atoms with E-state index in [2.05, 4.69) is 120 Å². The van der Waals surface area contributed by atoms with Crippen LogP contribution in [0.25, 0.3) is 82.2 Å². The molecule has 0 bridgehead atoms. The standard InChI is InChI=1S/C36H21N5/c1-2-9-24-21-32-30(20-23(24)8-1)29-11-5-6-12-31(29)41(32)36-35-34(37-17-18-38-35)33(39-40-36)26-15-16-28-25(19-26)14-13-22-7-3-4-10-27(22)28/h1-21H. The van der Waals surface area contributed by atoms with Crippen molar-refractivity contribution in [3.8, 4) is 17.1 Å². The van der Waals surface area contributed by atoms with Crippen molar-refractivity contribution in [3.63, 3.8) is 0 Å². The molecule has 0 saturated heterocycles. The summed E-state index contributed by atoms with van der Waals surface area (Å²) in [4.78, 5) is 9.61. The van der Waals surface area contributed by atoms with Gasteiger partial charge in [-0.3, -0.25) is 9.55 Å². The van der Waals surface area contributed by atoms with Gasteiger partial charge in [0, 0.05) is 28.7 Å². The maximum absolute atomic E-state index is 4.85. The monoisotopic (exact) mass is 523 g/mol. The number of hydrogen-bond donors (Lipinski definition) is 0. The molecular formula is C36H21N5. The minimum atomic E-state index is 0.671. The highest BCUT2D eigenvalue weighted by atomic mass is 15.2. The van der Waals surface area contributed by atoms with E-state index >= 15 is 0 Å². The molecule has 0 amide bonds. The summed E-state index contributed by atoms with van der Waals surface area (Å²) in [7, 11) is 0. The number of fused-ring (bicyclic) bond motifs is 8. The Labute approximate surface area is 234 Å². The average molecular weight is 524 g/mol. The molecule has 0 unspecified atom stereocenters. The lowest BCUT2D eigenvalue weighted by Crippen LogP contribution is -2.04. The summed E-state index contributed by atoms with van der Waals surface area (Å²) in [5, 5.41) is 19.2. The van der Waals surface area contributed by atoms with Crippen molar-refractivity contribution in [1.29, 1.82) is 0 Å². The molecule has 5 heteroatoms. The molecule has 0 radical (unpaired) electrons. The number of para-hydroxylation sites is 1. The van der Waals surface area contributed by atoms with Crippen molar-refractivity contribution >= 4 is 65.2 Å². The Bertz CT molecular complexity index is 2490. The van der Waals surface area contributed by atoms with Crippen LogP contribution >= 0.6 is 0 Å². The van der Waals surface area contributed by atoms with Gasteiger partial charge < -0.3 is 0 Å². The summed E-state index contributed by atoms with van der Waals surface area (Å²) in [5.41, 5.74) is 5.25. The minimum Gasteiger partial charge on any atom is -0.290 e. The predicted molar refractivity (Wildman–Crippen MR) is 167 cm³/mol. The quantitative estimate of drug-likeness (QED) is 0.213. The van der Waals surface area contributed by atoms with E-state index in [-0.39, 0.29) is 0 Å². The molecule has 9 aromatic rings. The van der Waals surface area contributed by atoms with Crippen molar-refractivity contribution in [1.82, 2.24) is 24.7 Å². The number of benzene rings is 6. The Morgan fingerprint density at radius 3 is 2.00 bits per heavy atom. The third kappa shape index (κ3) is 3.23. The largest absolute Gasteiger partial charge is 0.290 e. The fourth-order valence-electron chi connectivity index (χ4n) is 6.26. The number of hydrogen-bond acceptors (Lipinski definition) is 4. The van der Waals surface area contributed by atoms with E-state index in [1.165, 1.54) is 32.3 Å². The van der Waals surface area contributed by atoms with E-state index in [4.69, 9.17) is 20.2 Å². The molecule has 9 rings (SSSR count). The summed E-state index contributed by atoms with van der Waals surface area (Å²) < 4.78 is 2.18. The molecule has 0 fully saturated rings. The van der Waals surface area contributed by atoms with Crippen LogP contribution in [0.2, 0.25) is 0 Å². The molecule has 0 saturated carbocycles. The zero-order valence-electron chi connectivity index (χ0n) is 21.9. The lowest BCUT2D eigenvalue weighted by molar-refractivity contribution is 0.965. The molecule has 0 aliphatic rings. The molecule has 0 atom stereocenters. The maximum Gasteiger partial charge on any atom is 0.188 e. The second-order valence-corrected chi connectivity index (χ2v) is 10.4. The van der Waals surface area contributed by atoms with E-state index in [9.17, 15) is 0 Å². The van der Waals surface area contributed by atoms with Gasteiger partial charge in [0.05, 0.1) is 11.0 Å². The fourth-order valence-corrected chi connectivity index (χ4v) is 6.26.